The van der Waals surface area contributed by atoms with Crippen LogP contribution in [0, 0.1) is 3.57 Å². The summed E-state index contributed by atoms with van der Waals surface area (Å²) in [5, 5.41) is 0. The van der Waals surface area contributed by atoms with Gasteiger partial charge in [0.15, 0.2) is 0 Å². The highest BCUT2D eigenvalue weighted by Gasteiger charge is 2.09. The molecule has 2 N–H and O–H groups in total. The van der Waals surface area contributed by atoms with Crippen LogP contribution in [0.25, 0.3) is 0 Å². The van der Waals surface area contributed by atoms with E-state index in [2.05, 4.69) is 62.8 Å². The Kier molecular flexibility index (Phi) is 5.24. The first-order chi connectivity index (χ1) is 9.06. The summed E-state index contributed by atoms with van der Waals surface area (Å²) in [7, 11) is 0. The van der Waals surface area contributed by atoms with Crippen molar-refractivity contribution in [3.63, 3.8) is 0 Å². The molecule has 0 aliphatic heterocycles. The van der Waals surface area contributed by atoms with Crippen LogP contribution in [0.5, 0.6) is 5.75 Å². The number of hydrogen-bond acceptors (Lipinski definition) is 2. The van der Waals surface area contributed by atoms with Crippen molar-refractivity contribution >= 4 is 38.5 Å². The maximum Gasteiger partial charge on any atom is 0.124 e. The first-order valence-electron chi connectivity index (χ1n) is 5.98. The zero-order valence-electron chi connectivity index (χ0n) is 10.6. The Morgan fingerprint density at radius 1 is 1.21 bits per heavy atom. The van der Waals surface area contributed by atoms with Crippen molar-refractivity contribution in [3.05, 3.63) is 61.6 Å². The van der Waals surface area contributed by atoms with E-state index in [4.69, 9.17) is 10.5 Å². The van der Waals surface area contributed by atoms with E-state index in [-0.39, 0.29) is 6.04 Å². The maximum atomic E-state index is 5.97. The van der Waals surface area contributed by atoms with Crippen LogP contribution in [-0.2, 0) is 6.61 Å². The lowest BCUT2D eigenvalue weighted by Gasteiger charge is -2.14. The van der Waals surface area contributed by atoms with Crippen LogP contribution in [-0.4, -0.2) is 0 Å². The zero-order chi connectivity index (χ0) is 13.8. The number of ether oxygens (including phenoxy) is 1. The van der Waals surface area contributed by atoms with Crippen LogP contribution in [0.4, 0.5) is 0 Å². The van der Waals surface area contributed by atoms with Crippen molar-refractivity contribution in [2.45, 2.75) is 19.6 Å². The highest BCUT2D eigenvalue weighted by Crippen LogP contribution is 2.28. The number of halogens is 2. The second kappa shape index (κ2) is 6.72. The van der Waals surface area contributed by atoms with E-state index in [1.807, 2.05) is 25.1 Å². The summed E-state index contributed by atoms with van der Waals surface area (Å²) in [6.07, 6.45) is 0. The summed E-state index contributed by atoms with van der Waals surface area (Å²) in [6.45, 7) is 2.51. The summed E-state index contributed by atoms with van der Waals surface area (Å²) < 4.78 is 8.11. The van der Waals surface area contributed by atoms with Gasteiger partial charge in [0.2, 0.25) is 0 Å². The lowest BCUT2D eigenvalue weighted by molar-refractivity contribution is 0.301. The molecule has 0 bridgehead atoms. The van der Waals surface area contributed by atoms with Gasteiger partial charge in [0, 0.05) is 19.6 Å². The minimum absolute atomic E-state index is 0.0516. The van der Waals surface area contributed by atoms with Crippen LogP contribution >= 0.6 is 38.5 Å². The van der Waals surface area contributed by atoms with Crippen LogP contribution in [0.15, 0.2) is 46.9 Å². The Hall–Kier alpha value is -0.590. The predicted octanol–water partition coefficient (Wildman–Crippen LogP) is 4.65. The standard InChI is InChI=1S/C15H15BrINO/c1-10(18)14-8-12(16)4-7-15(14)19-9-11-2-5-13(17)6-3-11/h2-8,10H,9,18H2,1H3/t10-/m0/s1. The minimum Gasteiger partial charge on any atom is -0.489 e. The average Bonchev–Trinajstić information content (AvgIpc) is 2.39. The molecule has 0 spiro atoms. The number of hydrogen-bond donors (Lipinski definition) is 1. The van der Waals surface area contributed by atoms with Gasteiger partial charge in [-0.15, -0.1) is 0 Å². The van der Waals surface area contributed by atoms with Crippen LogP contribution < -0.4 is 10.5 Å². The zero-order valence-corrected chi connectivity index (χ0v) is 14.3. The number of rotatable bonds is 4. The Bertz CT molecular complexity index is 555. The summed E-state index contributed by atoms with van der Waals surface area (Å²) in [5.74, 6) is 0.844. The Morgan fingerprint density at radius 3 is 2.53 bits per heavy atom. The van der Waals surface area contributed by atoms with Gasteiger partial charge in [0.05, 0.1) is 0 Å². The summed E-state index contributed by atoms with van der Waals surface area (Å²) in [5.41, 5.74) is 8.14. The smallest absolute Gasteiger partial charge is 0.124 e. The van der Waals surface area contributed by atoms with Gasteiger partial charge in [0.25, 0.3) is 0 Å². The molecule has 4 heteroatoms. The molecule has 0 saturated heterocycles. The van der Waals surface area contributed by atoms with Gasteiger partial charge in [-0.1, -0.05) is 28.1 Å². The molecule has 100 valence electrons. The molecule has 0 aliphatic carbocycles. The molecule has 0 radical (unpaired) electrons. The van der Waals surface area contributed by atoms with Crippen molar-refractivity contribution in [3.8, 4) is 5.75 Å². The quantitative estimate of drug-likeness (QED) is 0.715. The van der Waals surface area contributed by atoms with Gasteiger partial charge in [0.1, 0.15) is 12.4 Å². The molecular weight excluding hydrogens is 417 g/mol. The third-order valence-electron chi connectivity index (χ3n) is 2.77. The molecule has 2 nitrogen and oxygen atoms in total. The second-order valence-electron chi connectivity index (χ2n) is 4.39. The molecule has 19 heavy (non-hydrogen) atoms. The lowest BCUT2D eigenvalue weighted by atomic mass is 10.1. The Balaban J connectivity index is 2.13. The molecule has 1 atom stereocenters. The highest BCUT2D eigenvalue weighted by atomic mass is 127. The highest BCUT2D eigenvalue weighted by molar-refractivity contribution is 14.1. The number of nitrogens with two attached hydrogens (primary N) is 1. The van der Waals surface area contributed by atoms with Crippen molar-refractivity contribution < 1.29 is 4.74 Å². The van der Waals surface area contributed by atoms with E-state index in [0.717, 1.165) is 21.3 Å². The molecule has 0 amide bonds. The van der Waals surface area contributed by atoms with Crippen LogP contribution in [0.2, 0.25) is 0 Å². The molecule has 0 fully saturated rings. The van der Waals surface area contributed by atoms with Crippen molar-refractivity contribution in [1.82, 2.24) is 0 Å². The van der Waals surface area contributed by atoms with Crippen molar-refractivity contribution in [2.24, 2.45) is 5.73 Å². The maximum absolute atomic E-state index is 5.97. The molecule has 0 aliphatic rings. The molecule has 0 unspecified atom stereocenters. The fourth-order valence-corrected chi connectivity index (χ4v) is 2.49. The fourth-order valence-electron chi connectivity index (χ4n) is 1.75. The van der Waals surface area contributed by atoms with E-state index < -0.39 is 0 Å². The topological polar surface area (TPSA) is 35.2 Å². The van der Waals surface area contributed by atoms with Crippen LogP contribution in [0.3, 0.4) is 0 Å². The molecule has 0 aromatic heterocycles. The normalized spacial score (nSPS) is 12.2. The van der Waals surface area contributed by atoms with Gasteiger partial charge < -0.3 is 10.5 Å². The van der Waals surface area contributed by atoms with Crippen molar-refractivity contribution in [1.29, 1.82) is 0 Å². The van der Waals surface area contributed by atoms with E-state index in [1.165, 1.54) is 3.57 Å². The SMILES string of the molecule is C[C@H](N)c1cc(Br)ccc1OCc1ccc(I)cc1. The molecule has 2 aromatic carbocycles. The third kappa shape index (κ3) is 4.19. The van der Waals surface area contributed by atoms with E-state index in [0.29, 0.717) is 6.61 Å². The third-order valence-corrected chi connectivity index (χ3v) is 3.98. The molecule has 2 aromatic rings. The summed E-state index contributed by atoms with van der Waals surface area (Å²) in [6, 6.07) is 14.2. The first kappa shape index (κ1) is 14.8. The first-order valence-corrected chi connectivity index (χ1v) is 7.85. The van der Waals surface area contributed by atoms with Gasteiger partial charge >= 0.3 is 0 Å². The fraction of sp³-hybridized carbons (Fsp3) is 0.200. The van der Waals surface area contributed by atoms with Crippen LogP contribution in [0.1, 0.15) is 24.1 Å². The van der Waals surface area contributed by atoms with E-state index in [1.54, 1.807) is 0 Å². The Labute approximate surface area is 135 Å². The molecular formula is C15H15BrINO. The number of benzene rings is 2. The minimum atomic E-state index is -0.0516. The second-order valence-corrected chi connectivity index (χ2v) is 6.55. The van der Waals surface area contributed by atoms with Gasteiger partial charge in [-0.2, -0.15) is 0 Å². The van der Waals surface area contributed by atoms with E-state index >= 15 is 0 Å². The van der Waals surface area contributed by atoms with Gasteiger partial charge in [-0.25, -0.2) is 0 Å². The van der Waals surface area contributed by atoms with Gasteiger partial charge in [-0.05, 0) is 65.4 Å². The largest absolute Gasteiger partial charge is 0.489 e. The monoisotopic (exact) mass is 431 g/mol. The molecule has 0 saturated carbocycles. The van der Waals surface area contributed by atoms with Gasteiger partial charge in [-0.3, -0.25) is 0 Å². The summed E-state index contributed by atoms with van der Waals surface area (Å²) >= 11 is 5.75. The lowest BCUT2D eigenvalue weighted by Crippen LogP contribution is -2.08. The Morgan fingerprint density at radius 2 is 1.89 bits per heavy atom. The predicted molar refractivity (Wildman–Crippen MR) is 90.2 cm³/mol. The van der Waals surface area contributed by atoms with Crippen molar-refractivity contribution in [2.75, 3.05) is 0 Å². The molecule has 2 rings (SSSR count). The molecule has 0 heterocycles. The van der Waals surface area contributed by atoms with E-state index in [9.17, 15) is 0 Å². The summed E-state index contributed by atoms with van der Waals surface area (Å²) in [4.78, 5) is 0. The average molecular weight is 432 g/mol.